The quantitative estimate of drug-likeness (QED) is 0.689. The van der Waals surface area contributed by atoms with Gasteiger partial charge in [-0.1, -0.05) is 12.1 Å². The van der Waals surface area contributed by atoms with Crippen LogP contribution in [0, 0.1) is 12.8 Å². The minimum Gasteiger partial charge on any atom is -0.315 e. The van der Waals surface area contributed by atoms with Crippen LogP contribution in [0.1, 0.15) is 37.3 Å². The molecule has 0 saturated heterocycles. The van der Waals surface area contributed by atoms with E-state index in [-0.39, 0.29) is 40.8 Å². The number of hydrogen-bond donors (Lipinski definition) is 0. The second-order valence-corrected chi connectivity index (χ2v) is 10.8. The molecule has 1 aliphatic carbocycles. The molecule has 1 fully saturated rings. The van der Waals surface area contributed by atoms with E-state index in [1.165, 1.54) is 4.90 Å². The van der Waals surface area contributed by atoms with E-state index in [4.69, 9.17) is 0 Å². The molecule has 31 heavy (non-hydrogen) atoms. The van der Waals surface area contributed by atoms with E-state index < -0.39 is 9.84 Å². The number of hydrogen-bond acceptors (Lipinski definition) is 4. The lowest BCUT2D eigenvalue weighted by Crippen LogP contribution is -2.36. The van der Waals surface area contributed by atoms with Crippen molar-refractivity contribution in [3.05, 3.63) is 53.6 Å². The predicted octanol–water partition coefficient (Wildman–Crippen LogP) is 3.51. The van der Waals surface area contributed by atoms with Crippen LogP contribution in [-0.4, -0.2) is 39.1 Å². The Morgan fingerprint density at radius 2 is 1.87 bits per heavy atom. The first-order chi connectivity index (χ1) is 14.7. The second-order valence-electron chi connectivity index (χ2n) is 8.69. The number of carbonyl (C=O) groups is 2. The Balaban J connectivity index is 1.46. The van der Waals surface area contributed by atoms with Gasteiger partial charge >= 0.3 is 0 Å². The number of amides is 2. The summed E-state index contributed by atoms with van der Waals surface area (Å²) >= 11 is 0. The van der Waals surface area contributed by atoms with Gasteiger partial charge in [-0.15, -0.1) is 0 Å². The van der Waals surface area contributed by atoms with Crippen LogP contribution >= 0.6 is 0 Å². The Kier molecular flexibility index (Phi) is 5.64. The topological polar surface area (TPSA) is 74.8 Å². The van der Waals surface area contributed by atoms with Gasteiger partial charge in [-0.25, -0.2) is 8.42 Å². The van der Waals surface area contributed by atoms with Crippen molar-refractivity contribution in [1.29, 1.82) is 0 Å². The van der Waals surface area contributed by atoms with Crippen LogP contribution in [0.2, 0.25) is 0 Å². The van der Waals surface area contributed by atoms with Gasteiger partial charge in [0.15, 0.2) is 9.84 Å². The summed E-state index contributed by atoms with van der Waals surface area (Å²) in [5.74, 6) is -0.230. The van der Waals surface area contributed by atoms with Gasteiger partial charge in [0, 0.05) is 36.8 Å². The molecule has 2 aromatic carbocycles. The third-order valence-electron chi connectivity index (χ3n) is 6.14. The lowest BCUT2D eigenvalue weighted by Gasteiger charge is -2.22. The molecule has 0 N–H and O–H groups in total. The van der Waals surface area contributed by atoms with Crippen LogP contribution < -0.4 is 9.80 Å². The van der Waals surface area contributed by atoms with Gasteiger partial charge in [-0.3, -0.25) is 9.59 Å². The molecule has 2 aliphatic rings. The van der Waals surface area contributed by atoms with Crippen LogP contribution in [0.3, 0.4) is 0 Å². The third-order valence-corrected chi connectivity index (χ3v) is 7.85. The fourth-order valence-corrected chi connectivity index (χ4v) is 5.43. The number of fused-ring (bicyclic) bond motifs is 1. The summed E-state index contributed by atoms with van der Waals surface area (Å²) in [5.41, 5.74) is 3.48. The summed E-state index contributed by atoms with van der Waals surface area (Å²) in [6, 6.07) is 12.6. The third kappa shape index (κ3) is 4.37. The molecule has 0 unspecified atom stereocenters. The highest BCUT2D eigenvalue weighted by atomic mass is 32.2. The van der Waals surface area contributed by atoms with Crippen molar-refractivity contribution < 1.29 is 18.0 Å². The normalized spacial score (nSPS) is 18.0. The molecule has 1 heterocycles. The maximum absolute atomic E-state index is 12.9. The van der Waals surface area contributed by atoms with Crippen molar-refractivity contribution in [2.45, 2.75) is 50.5 Å². The van der Waals surface area contributed by atoms with Gasteiger partial charge < -0.3 is 9.80 Å². The number of rotatable bonds is 6. The molecular formula is C24H28N2O4S. The van der Waals surface area contributed by atoms with E-state index in [0.717, 1.165) is 35.3 Å². The van der Waals surface area contributed by atoms with Crippen molar-refractivity contribution in [1.82, 2.24) is 0 Å². The van der Waals surface area contributed by atoms with Crippen molar-refractivity contribution in [2.75, 3.05) is 22.6 Å². The largest absolute Gasteiger partial charge is 0.315 e. The molecule has 0 spiro atoms. The van der Waals surface area contributed by atoms with Crippen LogP contribution in [0.5, 0.6) is 0 Å². The second kappa shape index (κ2) is 8.11. The Morgan fingerprint density at radius 1 is 1.13 bits per heavy atom. The molecule has 7 heteroatoms. The summed E-state index contributed by atoms with van der Waals surface area (Å²) in [7, 11) is -1.95. The zero-order valence-corrected chi connectivity index (χ0v) is 19.0. The van der Waals surface area contributed by atoms with Gasteiger partial charge in [0.25, 0.3) is 0 Å². The van der Waals surface area contributed by atoms with E-state index in [1.54, 1.807) is 25.2 Å². The van der Waals surface area contributed by atoms with Crippen LogP contribution in [0.25, 0.3) is 0 Å². The summed E-state index contributed by atoms with van der Waals surface area (Å²) in [6.07, 6.45) is 2.43. The number of carbonyl (C=O) groups excluding carboxylic acids is 2. The molecule has 164 valence electrons. The number of benzene rings is 2. The lowest BCUT2D eigenvalue weighted by atomic mass is 10.1. The van der Waals surface area contributed by atoms with E-state index in [2.05, 4.69) is 0 Å². The average Bonchev–Trinajstić information content (AvgIpc) is 3.53. The van der Waals surface area contributed by atoms with Gasteiger partial charge in [-0.05, 0) is 74.6 Å². The maximum Gasteiger partial charge on any atom is 0.230 e. The molecule has 2 amide bonds. The molecule has 1 saturated carbocycles. The van der Waals surface area contributed by atoms with Crippen LogP contribution in [0.15, 0.2) is 47.4 Å². The number of sulfone groups is 1. The van der Waals surface area contributed by atoms with Crippen LogP contribution in [-0.2, 0) is 25.8 Å². The summed E-state index contributed by atoms with van der Waals surface area (Å²) in [6.45, 7) is 3.94. The average molecular weight is 441 g/mol. The van der Waals surface area contributed by atoms with Crippen LogP contribution in [0.4, 0.5) is 11.4 Å². The molecule has 1 atom stereocenters. The fourth-order valence-electron chi connectivity index (χ4n) is 4.15. The van der Waals surface area contributed by atoms with Gasteiger partial charge in [-0.2, -0.15) is 0 Å². The van der Waals surface area contributed by atoms with E-state index >= 15 is 0 Å². The highest BCUT2D eigenvalue weighted by Crippen LogP contribution is 2.39. The number of aryl methyl sites for hydroxylation is 1. The smallest absolute Gasteiger partial charge is 0.230 e. The Hall–Kier alpha value is -2.67. The highest BCUT2D eigenvalue weighted by Gasteiger charge is 2.39. The zero-order chi connectivity index (χ0) is 22.3. The Labute approximate surface area is 183 Å². The summed E-state index contributed by atoms with van der Waals surface area (Å²) in [4.78, 5) is 28.7. The summed E-state index contributed by atoms with van der Waals surface area (Å²) < 4.78 is 25.8. The van der Waals surface area contributed by atoms with Crippen molar-refractivity contribution in [3.8, 4) is 0 Å². The van der Waals surface area contributed by atoms with Crippen molar-refractivity contribution in [2.24, 2.45) is 5.92 Å². The summed E-state index contributed by atoms with van der Waals surface area (Å²) in [5, 5.41) is 0. The standard InChI is InChI=1S/C24H28N2O4S/c1-16-5-4-6-20(13-16)25(3)23(27)11-12-31(29,30)21-9-10-22-19(15-21)14-17(2)26(22)24(28)18-7-8-18/h4-6,9-10,13,15,17-18H,7-8,11-12,14H2,1-3H3/t17-/m1/s1. The molecule has 0 aromatic heterocycles. The molecular weight excluding hydrogens is 412 g/mol. The van der Waals surface area contributed by atoms with Crippen molar-refractivity contribution >= 4 is 33.0 Å². The predicted molar refractivity (Wildman–Crippen MR) is 121 cm³/mol. The molecule has 6 nitrogen and oxygen atoms in total. The van der Waals surface area contributed by atoms with E-state index in [9.17, 15) is 18.0 Å². The Bertz CT molecular complexity index is 1140. The SMILES string of the molecule is Cc1cccc(N(C)C(=O)CCS(=O)(=O)c2ccc3c(c2)C[C@@H](C)N3C(=O)C2CC2)c1. The highest BCUT2D eigenvalue weighted by molar-refractivity contribution is 7.91. The fraction of sp³-hybridized carbons (Fsp3) is 0.417. The minimum atomic E-state index is -3.61. The number of nitrogens with zero attached hydrogens (tertiary/aromatic N) is 2. The van der Waals surface area contributed by atoms with Crippen molar-refractivity contribution in [3.63, 3.8) is 0 Å². The zero-order valence-electron chi connectivity index (χ0n) is 18.2. The first-order valence-electron chi connectivity index (χ1n) is 10.7. The molecule has 2 aromatic rings. The molecule has 4 rings (SSSR count). The Morgan fingerprint density at radius 3 is 2.55 bits per heavy atom. The van der Waals surface area contributed by atoms with Gasteiger partial charge in [0.05, 0.1) is 10.6 Å². The van der Waals surface area contributed by atoms with Gasteiger partial charge in [0.1, 0.15) is 0 Å². The molecule has 0 radical (unpaired) electrons. The number of anilines is 2. The van der Waals surface area contributed by atoms with E-state index in [0.29, 0.717) is 6.42 Å². The lowest BCUT2D eigenvalue weighted by molar-refractivity contribution is -0.120. The minimum absolute atomic E-state index is 0.0330. The molecule has 1 aliphatic heterocycles. The first-order valence-corrected chi connectivity index (χ1v) is 12.3. The molecule has 0 bridgehead atoms. The first kappa shape index (κ1) is 21.6. The maximum atomic E-state index is 12.9. The van der Waals surface area contributed by atoms with E-state index in [1.807, 2.05) is 43.0 Å². The monoisotopic (exact) mass is 440 g/mol. The van der Waals surface area contributed by atoms with Gasteiger partial charge in [0.2, 0.25) is 11.8 Å².